The van der Waals surface area contributed by atoms with Gasteiger partial charge in [-0.3, -0.25) is 13.9 Å². The van der Waals surface area contributed by atoms with Crippen LogP contribution in [0, 0.1) is 0 Å². The molecule has 4 aromatic rings. The van der Waals surface area contributed by atoms with Crippen molar-refractivity contribution in [1.82, 2.24) is 10.2 Å². The molecule has 0 saturated carbocycles. The van der Waals surface area contributed by atoms with E-state index in [-0.39, 0.29) is 45.5 Å². The van der Waals surface area contributed by atoms with Crippen LogP contribution in [0.3, 0.4) is 0 Å². The summed E-state index contributed by atoms with van der Waals surface area (Å²) in [5, 5.41) is 3.86. The topological polar surface area (TPSA) is 86.8 Å². The van der Waals surface area contributed by atoms with Crippen LogP contribution in [-0.4, -0.2) is 43.8 Å². The van der Waals surface area contributed by atoms with Crippen LogP contribution in [0.25, 0.3) is 0 Å². The fourth-order valence-corrected chi connectivity index (χ4v) is 6.70. The number of nitrogens with zero attached hydrogens (tertiary/aromatic N) is 2. The maximum absolute atomic E-state index is 14.5. The van der Waals surface area contributed by atoms with Crippen molar-refractivity contribution in [1.29, 1.82) is 0 Å². The Morgan fingerprint density at radius 1 is 0.800 bits per heavy atom. The highest BCUT2D eigenvalue weighted by Crippen LogP contribution is 2.33. The van der Waals surface area contributed by atoms with E-state index >= 15 is 0 Å². The quantitative estimate of drug-likeness (QED) is 0.159. The normalized spacial score (nSPS) is 12.6. The number of sulfonamides is 1. The Morgan fingerprint density at radius 2 is 1.40 bits per heavy atom. The van der Waals surface area contributed by atoms with Crippen LogP contribution in [-0.2, 0) is 32.6 Å². The molecule has 0 bridgehead atoms. The second-order valence-electron chi connectivity index (χ2n) is 10.6. The van der Waals surface area contributed by atoms with E-state index in [2.05, 4.69) is 5.32 Å². The maximum Gasteiger partial charge on any atom is 0.264 e. The number of nitrogens with one attached hydrogen (secondary N) is 1. The van der Waals surface area contributed by atoms with Gasteiger partial charge in [-0.1, -0.05) is 102 Å². The highest BCUT2D eigenvalue weighted by Gasteiger charge is 2.35. The lowest BCUT2D eigenvalue weighted by atomic mass is 10.0. The lowest BCUT2D eigenvalue weighted by Gasteiger charge is -2.34. The van der Waals surface area contributed by atoms with Crippen molar-refractivity contribution in [2.45, 2.75) is 50.2 Å². The molecule has 0 aliphatic heterocycles. The third-order valence-electron chi connectivity index (χ3n) is 7.33. The van der Waals surface area contributed by atoms with E-state index in [9.17, 15) is 18.0 Å². The number of hydrogen-bond acceptors (Lipinski definition) is 4. The van der Waals surface area contributed by atoms with Gasteiger partial charge < -0.3 is 10.2 Å². The van der Waals surface area contributed by atoms with E-state index in [1.807, 2.05) is 44.2 Å². The first-order valence-electron chi connectivity index (χ1n) is 14.4. The summed E-state index contributed by atoms with van der Waals surface area (Å²) in [5.41, 5.74) is 1.58. The molecule has 2 amide bonds. The zero-order chi connectivity index (χ0) is 32.6. The third-order valence-corrected chi connectivity index (χ3v) is 9.91. The molecule has 0 spiro atoms. The van der Waals surface area contributed by atoms with Gasteiger partial charge in [-0.15, -0.1) is 0 Å². The first-order chi connectivity index (χ1) is 21.5. The van der Waals surface area contributed by atoms with Crippen molar-refractivity contribution in [3.8, 4) is 0 Å². The monoisotopic (exact) mass is 685 g/mol. The molecule has 236 valence electrons. The minimum absolute atomic E-state index is 0.0178. The SMILES string of the molecule is CCC(C)NC(=O)C(Cc1ccccc1)N(Cc1ccc(Cl)cc1)C(=O)CN(c1cc(Cl)ccc1Cl)S(=O)(=O)c1ccccc1. The molecule has 0 radical (unpaired) electrons. The smallest absolute Gasteiger partial charge is 0.264 e. The fraction of sp³-hybridized carbons (Fsp3) is 0.235. The Balaban J connectivity index is 1.83. The largest absolute Gasteiger partial charge is 0.352 e. The Labute approximate surface area is 279 Å². The summed E-state index contributed by atoms with van der Waals surface area (Å²) in [7, 11) is -4.30. The lowest BCUT2D eigenvalue weighted by molar-refractivity contribution is -0.140. The molecule has 4 rings (SSSR count). The molecule has 0 fully saturated rings. The van der Waals surface area contributed by atoms with Crippen LogP contribution in [0.4, 0.5) is 5.69 Å². The summed E-state index contributed by atoms with van der Waals surface area (Å²) >= 11 is 18.9. The first kappa shape index (κ1) is 34.3. The van der Waals surface area contributed by atoms with E-state index in [1.54, 1.807) is 42.5 Å². The second-order valence-corrected chi connectivity index (χ2v) is 13.7. The number of halogens is 3. The molecule has 0 saturated heterocycles. The average Bonchev–Trinajstić information content (AvgIpc) is 3.04. The van der Waals surface area contributed by atoms with Crippen molar-refractivity contribution in [3.05, 3.63) is 129 Å². The van der Waals surface area contributed by atoms with E-state index in [0.29, 0.717) is 17.0 Å². The van der Waals surface area contributed by atoms with Crippen molar-refractivity contribution in [2.75, 3.05) is 10.8 Å². The van der Waals surface area contributed by atoms with Gasteiger partial charge in [0, 0.05) is 29.1 Å². The predicted molar refractivity (Wildman–Crippen MR) is 181 cm³/mol. The number of carbonyl (C=O) groups is 2. The van der Waals surface area contributed by atoms with E-state index in [4.69, 9.17) is 34.8 Å². The minimum atomic E-state index is -4.30. The molecule has 45 heavy (non-hydrogen) atoms. The second kappa shape index (κ2) is 15.6. The Morgan fingerprint density at radius 3 is 2.02 bits per heavy atom. The lowest BCUT2D eigenvalue weighted by Crippen LogP contribution is -2.54. The molecule has 0 aliphatic rings. The number of carbonyl (C=O) groups excluding carboxylic acids is 2. The van der Waals surface area contributed by atoms with Gasteiger partial charge in [0.1, 0.15) is 12.6 Å². The van der Waals surface area contributed by atoms with Gasteiger partial charge in [0.05, 0.1) is 15.6 Å². The maximum atomic E-state index is 14.5. The summed E-state index contributed by atoms with van der Waals surface area (Å²) in [6.45, 7) is 3.21. The first-order valence-corrected chi connectivity index (χ1v) is 17.0. The standard InChI is InChI=1S/C34H34Cl3N3O4S/c1-3-24(2)38-34(42)32(20-25-10-6-4-7-11-25)39(22-26-14-16-27(35)17-15-26)33(41)23-40(31-21-28(36)18-19-30(31)37)45(43,44)29-12-8-5-9-13-29/h4-19,21,24,32H,3,20,22-23H2,1-2H3,(H,38,42). The molecule has 7 nitrogen and oxygen atoms in total. The van der Waals surface area contributed by atoms with E-state index in [0.717, 1.165) is 9.87 Å². The molecule has 4 aromatic carbocycles. The van der Waals surface area contributed by atoms with Crippen LogP contribution in [0.2, 0.25) is 15.1 Å². The van der Waals surface area contributed by atoms with Crippen molar-refractivity contribution < 1.29 is 18.0 Å². The van der Waals surface area contributed by atoms with Crippen LogP contribution < -0.4 is 9.62 Å². The van der Waals surface area contributed by atoms with Gasteiger partial charge in [-0.2, -0.15) is 0 Å². The van der Waals surface area contributed by atoms with E-state index in [1.165, 1.54) is 35.2 Å². The summed E-state index contributed by atoms with van der Waals surface area (Å²) in [5.74, 6) is -0.963. The molecule has 0 aliphatic carbocycles. The van der Waals surface area contributed by atoms with Crippen LogP contribution in [0.5, 0.6) is 0 Å². The van der Waals surface area contributed by atoms with Crippen molar-refractivity contribution in [2.24, 2.45) is 0 Å². The van der Waals surface area contributed by atoms with Crippen LogP contribution >= 0.6 is 34.8 Å². The number of anilines is 1. The van der Waals surface area contributed by atoms with Crippen molar-refractivity contribution >= 4 is 62.3 Å². The number of hydrogen-bond donors (Lipinski definition) is 1. The third kappa shape index (κ3) is 9.01. The van der Waals surface area contributed by atoms with Crippen LogP contribution in [0.1, 0.15) is 31.4 Å². The summed E-state index contributed by atoms with van der Waals surface area (Å²) in [4.78, 5) is 29.8. The number of amides is 2. The molecule has 2 atom stereocenters. The predicted octanol–water partition coefficient (Wildman–Crippen LogP) is 7.40. The van der Waals surface area contributed by atoms with Crippen LogP contribution in [0.15, 0.2) is 108 Å². The van der Waals surface area contributed by atoms with E-state index < -0.39 is 28.5 Å². The van der Waals surface area contributed by atoms with Gasteiger partial charge in [0.15, 0.2) is 0 Å². The highest BCUT2D eigenvalue weighted by atomic mass is 35.5. The van der Waals surface area contributed by atoms with Gasteiger partial charge >= 0.3 is 0 Å². The summed E-state index contributed by atoms with van der Waals surface area (Å²) in [6, 6.07) is 27.3. The number of rotatable bonds is 13. The zero-order valence-corrected chi connectivity index (χ0v) is 28.0. The minimum Gasteiger partial charge on any atom is -0.352 e. The van der Waals surface area contributed by atoms with Gasteiger partial charge in [0.2, 0.25) is 11.8 Å². The summed E-state index contributed by atoms with van der Waals surface area (Å²) < 4.78 is 29.1. The molecule has 2 unspecified atom stereocenters. The highest BCUT2D eigenvalue weighted by molar-refractivity contribution is 7.92. The number of benzene rings is 4. The molecule has 0 heterocycles. The van der Waals surface area contributed by atoms with Gasteiger partial charge in [-0.25, -0.2) is 8.42 Å². The summed E-state index contributed by atoms with van der Waals surface area (Å²) in [6.07, 6.45) is 0.886. The molecular formula is C34H34Cl3N3O4S. The molecular weight excluding hydrogens is 653 g/mol. The average molecular weight is 687 g/mol. The molecule has 0 aromatic heterocycles. The van der Waals surface area contributed by atoms with Crippen molar-refractivity contribution in [3.63, 3.8) is 0 Å². The molecule has 11 heteroatoms. The zero-order valence-electron chi connectivity index (χ0n) is 24.9. The van der Waals surface area contributed by atoms with Gasteiger partial charge in [-0.05, 0) is 66.9 Å². The van der Waals surface area contributed by atoms with Gasteiger partial charge in [0.25, 0.3) is 10.0 Å². The Hall–Kier alpha value is -3.56. The molecule has 1 N–H and O–H groups in total. The fourth-order valence-electron chi connectivity index (χ4n) is 4.69. The Bertz CT molecular complexity index is 1710. The Kier molecular flexibility index (Phi) is 11.9.